The van der Waals surface area contributed by atoms with Gasteiger partial charge in [-0.05, 0) is 18.9 Å². The minimum absolute atomic E-state index is 0.0757. The molecule has 2 rings (SSSR count). The van der Waals surface area contributed by atoms with E-state index in [0.717, 1.165) is 6.42 Å². The summed E-state index contributed by atoms with van der Waals surface area (Å²) in [7, 11) is 0. The van der Waals surface area contributed by atoms with Gasteiger partial charge in [0.1, 0.15) is 5.82 Å². The lowest BCUT2D eigenvalue weighted by molar-refractivity contribution is -0.137. The van der Waals surface area contributed by atoms with Gasteiger partial charge in [0.15, 0.2) is 0 Å². The van der Waals surface area contributed by atoms with E-state index >= 15 is 0 Å². The minimum Gasteiger partial charge on any atom is -0.334 e. The van der Waals surface area contributed by atoms with Crippen molar-refractivity contribution in [3.05, 3.63) is 35.6 Å². The molecule has 2 N–H and O–H groups in total. The molecule has 1 aromatic rings. The Bertz CT molecular complexity index is 436. The second-order valence-electron chi connectivity index (χ2n) is 4.76. The van der Waals surface area contributed by atoms with Crippen LogP contribution in [0.2, 0.25) is 0 Å². The number of amides is 1. The van der Waals surface area contributed by atoms with Crippen molar-refractivity contribution >= 4 is 5.91 Å². The van der Waals surface area contributed by atoms with Crippen molar-refractivity contribution < 1.29 is 9.18 Å². The summed E-state index contributed by atoms with van der Waals surface area (Å²) in [5.41, 5.74) is 6.64. The maximum absolute atomic E-state index is 13.9. The molecular formula is C14H19FN2O. The third-order valence-corrected chi connectivity index (χ3v) is 3.44. The Morgan fingerprint density at radius 3 is 2.83 bits per heavy atom. The molecule has 0 aliphatic carbocycles. The summed E-state index contributed by atoms with van der Waals surface area (Å²) in [5, 5.41) is 0. The second-order valence-corrected chi connectivity index (χ2v) is 4.76. The molecule has 0 radical (unpaired) electrons. The Morgan fingerprint density at radius 2 is 2.17 bits per heavy atom. The average Bonchev–Trinajstić information content (AvgIpc) is 2.36. The lowest BCUT2D eigenvalue weighted by atomic mass is 9.90. The summed E-state index contributed by atoms with van der Waals surface area (Å²) in [5.74, 6) is -0.208. The van der Waals surface area contributed by atoms with Crippen LogP contribution in [0.25, 0.3) is 0 Å². The quantitative estimate of drug-likeness (QED) is 0.894. The highest BCUT2D eigenvalue weighted by Crippen LogP contribution is 2.32. The highest BCUT2D eigenvalue weighted by molar-refractivity contribution is 5.78. The van der Waals surface area contributed by atoms with Gasteiger partial charge in [-0.25, -0.2) is 4.39 Å². The molecule has 1 aliphatic rings. The smallest absolute Gasteiger partial charge is 0.223 e. The normalized spacial score (nSPS) is 24.4. The van der Waals surface area contributed by atoms with E-state index in [1.807, 2.05) is 6.92 Å². The predicted molar refractivity (Wildman–Crippen MR) is 68.4 cm³/mol. The van der Waals surface area contributed by atoms with Gasteiger partial charge in [-0.1, -0.05) is 25.1 Å². The van der Waals surface area contributed by atoms with Crippen molar-refractivity contribution in [1.82, 2.24) is 4.90 Å². The summed E-state index contributed by atoms with van der Waals surface area (Å²) >= 11 is 0. The van der Waals surface area contributed by atoms with Gasteiger partial charge < -0.3 is 10.6 Å². The molecule has 2 atom stereocenters. The van der Waals surface area contributed by atoms with Gasteiger partial charge in [-0.3, -0.25) is 4.79 Å². The molecule has 0 saturated carbocycles. The Kier molecular flexibility index (Phi) is 3.97. The number of hydrogen-bond acceptors (Lipinski definition) is 2. The number of piperidine rings is 1. The zero-order valence-electron chi connectivity index (χ0n) is 10.6. The van der Waals surface area contributed by atoms with Crippen LogP contribution in [0.5, 0.6) is 0 Å². The molecule has 98 valence electrons. The van der Waals surface area contributed by atoms with Gasteiger partial charge in [-0.15, -0.1) is 0 Å². The molecule has 4 heteroatoms. The van der Waals surface area contributed by atoms with Crippen LogP contribution in [-0.2, 0) is 4.79 Å². The van der Waals surface area contributed by atoms with Crippen LogP contribution in [0.3, 0.4) is 0 Å². The molecule has 1 aliphatic heterocycles. The van der Waals surface area contributed by atoms with Crippen molar-refractivity contribution in [2.45, 2.75) is 38.3 Å². The fourth-order valence-corrected chi connectivity index (χ4v) is 2.60. The largest absolute Gasteiger partial charge is 0.334 e. The first-order chi connectivity index (χ1) is 8.65. The highest BCUT2D eigenvalue weighted by atomic mass is 19.1. The fraction of sp³-hybridized carbons (Fsp3) is 0.500. The standard InChI is InChI=1S/C14H19FN2O/c1-2-9-17-13(18)8-7-12(16)14(17)10-5-3-4-6-11(10)15/h3-6,12,14H,2,7-9,16H2,1H3. The third-order valence-electron chi connectivity index (χ3n) is 3.44. The molecule has 0 aromatic heterocycles. The lowest BCUT2D eigenvalue weighted by Crippen LogP contribution is -2.49. The Balaban J connectivity index is 2.36. The number of hydrogen-bond donors (Lipinski definition) is 1. The van der Waals surface area contributed by atoms with E-state index in [-0.39, 0.29) is 23.8 Å². The molecule has 1 fully saturated rings. The van der Waals surface area contributed by atoms with Gasteiger partial charge in [0.2, 0.25) is 5.91 Å². The molecule has 18 heavy (non-hydrogen) atoms. The topological polar surface area (TPSA) is 46.3 Å². The molecule has 0 bridgehead atoms. The maximum atomic E-state index is 13.9. The predicted octanol–water partition coefficient (Wildman–Crippen LogP) is 2.23. The summed E-state index contributed by atoms with van der Waals surface area (Å²) in [6.45, 7) is 2.64. The number of likely N-dealkylation sites (tertiary alicyclic amines) is 1. The van der Waals surface area contributed by atoms with Gasteiger partial charge in [0.05, 0.1) is 6.04 Å². The lowest BCUT2D eigenvalue weighted by Gasteiger charge is -2.40. The van der Waals surface area contributed by atoms with Crippen molar-refractivity contribution in [3.63, 3.8) is 0 Å². The monoisotopic (exact) mass is 250 g/mol. The SMILES string of the molecule is CCCN1C(=O)CCC(N)C1c1ccccc1F. The molecule has 1 heterocycles. The van der Waals surface area contributed by atoms with Crippen LogP contribution < -0.4 is 5.73 Å². The molecule has 0 spiro atoms. The van der Waals surface area contributed by atoms with Crippen LogP contribution >= 0.6 is 0 Å². The summed E-state index contributed by atoms with van der Waals surface area (Å²) in [6, 6.07) is 6.07. The van der Waals surface area contributed by atoms with Crippen LogP contribution in [0.4, 0.5) is 4.39 Å². The van der Waals surface area contributed by atoms with Gasteiger partial charge in [-0.2, -0.15) is 0 Å². The highest BCUT2D eigenvalue weighted by Gasteiger charge is 2.35. The van der Waals surface area contributed by atoms with Crippen molar-refractivity contribution in [3.8, 4) is 0 Å². The van der Waals surface area contributed by atoms with E-state index < -0.39 is 0 Å². The summed E-state index contributed by atoms with van der Waals surface area (Å²) < 4.78 is 13.9. The molecule has 2 unspecified atom stereocenters. The molecular weight excluding hydrogens is 231 g/mol. The van der Waals surface area contributed by atoms with Gasteiger partial charge in [0, 0.05) is 24.6 Å². The van der Waals surface area contributed by atoms with Gasteiger partial charge >= 0.3 is 0 Å². The first kappa shape index (κ1) is 13.0. The number of rotatable bonds is 3. The summed E-state index contributed by atoms with van der Waals surface area (Å²) in [4.78, 5) is 13.7. The number of benzene rings is 1. The zero-order valence-corrected chi connectivity index (χ0v) is 10.6. The second kappa shape index (κ2) is 5.48. The van der Waals surface area contributed by atoms with E-state index in [0.29, 0.717) is 24.9 Å². The number of nitrogens with zero attached hydrogens (tertiary/aromatic N) is 1. The van der Waals surface area contributed by atoms with E-state index in [1.54, 1.807) is 23.1 Å². The van der Waals surface area contributed by atoms with Crippen LogP contribution in [0.1, 0.15) is 37.8 Å². The summed E-state index contributed by atoms with van der Waals surface area (Å²) in [6.07, 6.45) is 1.94. The Hall–Kier alpha value is -1.42. The van der Waals surface area contributed by atoms with Gasteiger partial charge in [0.25, 0.3) is 0 Å². The minimum atomic E-state index is -0.326. The van der Waals surface area contributed by atoms with Crippen LogP contribution in [0, 0.1) is 5.82 Å². The fourth-order valence-electron chi connectivity index (χ4n) is 2.60. The first-order valence-electron chi connectivity index (χ1n) is 6.44. The molecule has 1 aromatic carbocycles. The molecule has 1 saturated heterocycles. The van der Waals surface area contributed by atoms with E-state index in [1.165, 1.54) is 6.07 Å². The molecule has 1 amide bonds. The Morgan fingerprint density at radius 1 is 1.44 bits per heavy atom. The van der Waals surface area contributed by atoms with Crippen molar-refractivity contribution in [1.29, 1.82) is 0 Å². The molecule has 3 nitrogen and oxygen atoms in total. The number of carbonyl (C=O) groups is 1. The number of carbonyl (C=O) groups excluding carboxylic acids is 1. The zero-order chi connectivity index (χ0) is 13.1. The van der Waals surface area contributed by atoms with Crippen molar-refractivity contribution in [2.24, 2.45) is 5.73 Å². The van der Waals surface area contributed by atoms with E-state index in [4.69, 9.17) is 5.73 Å². The van der Waals surface area contributed by atoms with Crippen molar-refractivity contribution in [2.75, 3.05) is 6.54 Å². The van der Waals surface area contributed by atoms with E-state index in [2.05, 4.69) is 0 Å². The average molecular weight is 250 g/mol. The maximum Gasteiger partial charge on any atom is 0.223 e. The third kappa shape index (κ3) is 2.38. The Labute approximate surface area is 107 Å². The van der Waals surface area contributed by atoms with Crippen LogP contribution in [0.15, 0.2) is 24.3 Å². The number of nitrogens with two attached hydrogens (primary N) is 1. The first-order valence-corrected chi connectivity index (χ1v) is 6.44. The number of halogens is 1. The van der Waals surface area contributed by atoms with E-state index in [9.17, 15) is 9.18 Å². The van der Waals surface area contributed by atoms with Crippen LogP contribution in [-0.4, -0.2) is 23.4 Å².